The Morgan fingerprint density at radius 2 is 2.06 bits per heavy atom. The number of nitriles is 1. The minimum absolute atomic E-state index is 0.0475. The molecular formula is C11H10N4O2S. The highest BCUT2D eigenvalue weighted by atomic mass is 32.2. The second-order valence-electron chi connectivity index (χ2n) is 3.55. The van der Waals surface area contributed by atoms with Crippen molar-refractivity contribution in [3.05, 3.63) is 42.1 Å². The van der Waals surface area contributed by atoms with E-state index in [2.05, 4.69) is 9.82 Å². The molecule has 0 bridgehead atoms. The Labute approximate surface area is 105 Å². The number of sulfonamides is 1. The fourth-order valence-corrected chi connectivity index (χ4v) is 2.71. The third-order valence-corrected chi connectivity index (χ3v) is 3.77. The van der Waals surface area contributed by atoms with Gasteiger partial charge in [-0.25, -0.2) is 8.42 Å². The molecule has 1 aromatic heterocycles. The number of aryl methyl sites for hydroxylation is 1. The summed E-state index contributed by atoms with van der Waals surface area (Å²) in [6.07, 6.45) is 1.48. The molecule has 18 heavy (non-hydrogen) atoms. The number of rotatable bonds is 3. The van der Waals surface area contributed by atoms with E-state index >= 15 is 0 Å². The summed E-state index contributed by atoms with van der Waals surface area (Å²) in [4.78, 5) is -0.0475. The predicted molar refractivity (Wildman–Crippen MR) is 65.2 cm³/mol. The topological polar surface area (TPSA) is 87.8 Å². The van der Waals surface area contributed by atoms with Gasteiger partial charge >= 0.3 is 0 Å². The number of anilines is 1. The molecule has 2 aromatic rings. The first-order valence-electron chi connectivity index (χ1n) is 5.04. The molecule has 0 radical (unpaired) electrons. The summed E-state index contributed by atoms with van der Waals surface area (Å²) < 4.78 is 28.0. The lowest BCUT2D eigenvalue weighted by molar-refractivity contribution is 0.600. The summed E-state index contributed by atoms with van der Waals surface area (Å²) in [7, 11) is -2.16. The van der Waals surface area contributed by atoms with Crippen molar-refractivity contribution in [2.24, 2.45) is 7.05 Å². The molecule has 0 fully saturated rings. The lowest BCUT2D eigenvalue weighted by Gasteiger charge is -2.08. The first-order valence-corrected chi connectivity index (χ1v) is 6.53. The van der Waals surface area contributed by atoms with Crippen molar-refractivity contribution >= 4 is 15.8 Å². The second-order valence-corrected chi connectivity index (χ2v) is 5.20. The fourth-order valence-electron chi connectivity index (χ4n) is 1.46. The van der Waals surface area contributed by atoms with Gasteiger partial charge in [-0.1, -0.05) is 12.1 Å². The Hall–Kier alpha value is -2.33. The van der Waals surface area contributed by atoms with Crippen LogP contribution in [0.1, 0.15) is 5.56 Å². The highest BCUT2D eigenvalue weighted by Crippen LogP contribution is 2.18. The Morgan fingerprint density at radius 3 is 2.67 bits per heavy atom. The normalized spacial score (nSPS) is 10.9. The third kappa shape index (κ3) is 2.19. The zero-order chi connectivity index (χ0) is 13.2. The van der Waals surface area contributed by atoms with Crippen molar-refractivity contribution in [1.82, 2.24) is 9.78 Å². The molecule has 1 N–H and O–H groups in total. The molecule has 0 aliphatic rings. The molecule has 7 heteroatoms. The Morgan fingerprint density at radius 1 is 1.33 bits per heavy atom. The van der Waals surface area contributed by atoms with E-state index in [4.69, 9.17) is 5.26 Å². The molecule has 0 atom stereocenters. The minimum atomic E-state index is -3.78. The maximum atomic E-state index is 12.1. The van der Waals surface area contributed by atoms with Crippen molar-refractivity contribution in [1.29, 1.82) is 5.26 Å². The molecule has 1 aromatic carbocycles. The number of nitrogens with zero attached hydrogens (tertiary/aromatic N) is 3. The SMILES string of the molecule is Cn1nccc1NS(=O)(=O)c1ccccc1C#N. The van der Waals surface area contributed by atoms with Gasteiger partial charge in [-0.2, -0.15) is 10.4 Å². The van der Waals surface area contributed by atoms with Crippen molar-refractivity contribution in [3.63, 3.8) is 0 Å². The van der Waals surface area contributed by atoms with Gasteiger partial charge in [-0.05, 0) is 12.1 Å². The van der Waals surface area contributed by atoms with Crippen LogP contribution in [0.5, 0.6) is 0 Å². The maximum absolute atomic E-state index is 12.1. The summed E-state index contributed by atoms with van der Waals surface area (Å²) in [5.41, 5.74) is 0.104. The Balaban J connectivity index is 2.44. The van der Waals surface area contributed by atoms with Crippen LogP contribution in [0, 0.1) is 11.3 Å². The van der Waals surface area contributed by atoms with Gasteiger partial charge in [0, 0.05) is 13.1 Å². The molecule has 2 rings (SSSR count). The first kappa shape index (κ1) is 12.1. The van der Waals surface area contributed by atoms with Crippen LogP contribution in [0.3, 0.4) is 0 Å². The van der Waals surface area contributed by atoms with Gasteiger partial charge in [0.1, 0.15) is 16.8 Å². The van der Waals surface area contributed by atoms with Crippen LogP contribution < -0.4 is 4.72 Å². The Bertz CT molecular complexity index is 713. The van der Waals surface area contributed by atoms with E-state index in [1.54, 1.807) is 19.2 Å². The summed E-state index contributed by atoms with van der Waals surface area (Å²) in [5, 5.41) is 12.8. The van der Waals surface area contributed by atoms with E-state index in [-0.39, 0.29) is 10.5 Å². The van der Waals surface area contributed by atoms with E-state index in [9.17, 15) is 8.42 Å². The molecule has 0 saturated heterocycles. The lowest BCUT2D eigenvalue weighted by atomic mass is 10.2. The molecule has 0 aliphatic carbocycles. The van der Waals surface area contributed by atoms with Crippen molar-refractivity contribution in [2.45, 2.75) is 4.90 Å². The number of benzene rings is 1. The molecule has 0 amide bonds. The molecule has 0 unspecified atom stereocenters. The number of nitrogens with one attached hydrogen (secondary N) is 1. The summed E-state index contributed by atoms with van der Waals surface area (Å²) >= 11 is 0. The van der Waals surface area contributed by atoms with Gasteiger partial charge in [0.15, 0.2) is 0 Å². The largest absolute Gasteiger partial charge is 0.264 e. The maximum Gasteiger partial charge on any atom is 0.264 e. The molecule has 6 nitrogen and oxygen atoms in total. The molecular weight excluding hydrogens is 252 g/mol. The van der Waals surface area contributed by atoms with Gasteiger partial charge in [0.2, 0.25) is 0 Å². The standard InChI is InChI=1S/C11H10N4O2S/c1-15-11(6-7-13-15)14-18(16,17)10-5-3-2-4-9(10)8-12/h2-7,14H,1H3. The monoisotopic (exact) mass is 262 g/mol. The zero-order valence-corrected chi connectivity index (χ0v) is 10.3. The van der Waals surface area contributed by atoms with Gasteiger partial charge in [0.25, 0.3) is 10.0 Å². The van der Waals surface area contributed by atoms with Crippen molar-refractivity contribution in [2.75, 3.05) is 4.72 Å². The van der Waals surface area contributed by atoms with Crippen LogP contribution in [0.4, 0.5) is 5.82 Å². The number of hydrogen-bond donors (Lipinski definition) is 1. The van der Waals surface area contributed by atoms with Crippen LogP contribution in [0.25, 0.3) is 0 Å². The number of aromatic nitrogens is 2. The van der Waals surface area contributed by atoms with Gasteiger partial charge in [0.05, 0.1) is 11.8 Å². The van der Waals surface area contributed by atoms with Crippen LogP contribution in [-0.4, -0.2) is 18.2 Å². The third-order valence-electron chi connectivity index (χ3n) is 2.36. The quantitative estimate of drug-likeness (QED) is 0.896. The molecule has 0 spiro atoms. The van der Waals surface area contributed by atoms with E-state index in [1.165, 1.54) is 29.1 Å². The van der Waals surface area contributed by atoms with Gasteiger partial charge < -0.3 is 0 Å². The molecule has 0 saturated carbocycles. The summed E-state index contributed by atoms with van der Waals surface area (Å²) in [5.74, 6) is 0.336. The first-order chi connectivity index (χ1) is 8.54. The summed E-state index contributed by atoms with van der Waals surface area (Å²) in [6, 6.07) is 9.41. The molecule has 0 aliphatic heterocycles. The zero-order valence-electron chi connectivity index (χ0n) is 9.53. The second kappa shape index (κ2) is 4.50. The van der Waals surface area contributed by atoms with E-state index in [0.29, 0.717) is 5.82 Å². The van der Waals surface area contributed by atoms with E-state index < -0.39 is 10.0 Å². The average Bonchev–Trinajstić information content (AvgIpc) is 2.74. The number of hydrogen-bond acceptors (Lipinski definition) is 4. The molecule has 92 valence electrons. The van der Waals surface area contributed by atoms with Gasteiger partial charge in [-0.15, -0.1) is 0 Å². The van der Waals surface area contributed by atoms with Crippen molar-refractivity contribution < 1.29 is 8.42 Å². The predicted octanol–water partition coefficient (Wildman–Crippen LogP) is 1.09. The Kier molecular flexibility index (Phi) is 3.04. The van der Waals surface area contributed by atoms with Crippen molar-refractivity contribution in [3.8, 4) is 6.07 Å². The van der Waals surface area contributed by atoms with Crippen LogP contribution in [-0.2, 0) is 17.1 Å². The fraction of sp³-hybridized carbons (Fsp3) is 0.0909. The minimum Gasteiger partial charge on any atom is -0.264 e. The van der Waals surface area contributed by atoms with Crippen LogP contribution in [0.2, 0.25) is 0 Å². The summed E-state index contributed by atoms with van der Waals surface area (Å²) in [6.45, 7) is 0. The lowest BCUT2D eigenvalue weighted by Crippen LogP contribution is -2.16. The smallest absolute Gasteiger partial charge is 0.264 e. The highest BCUT2D eigenvalue weighted by Gasteiger charge is 2.19. The van der Waals surface area contributed by atoms with E-state index in [0.717, 1.165) is 0 Å². The van der Waals surface area contributed by atoms with Crippen LogP contribution >= 0.6 is 0 Å². The highest BCUT2D eigenvalue weighted by molar-refractivity contribution is 7.92. The molecule has 1 heterocycles. The van der Waals surface area contributed by atoms with Crippen LogP contribution in [0.15, 0.2) is 41.4 Å². The van der Waals surface area contributed by atoms with Gasteiger partial charge in [-0.3, -0.25) is 9.40 Å². The van der Waals surface area contributed by atoms with E-state index in [1.807, 2.05) is 6.07 Å². The average molecular weight is 262 g/mol.